The lowest BCUT2D eigenvalue weighted by Crippen LogP contribution is -2.49. The first-order valence-electron chi connectivity index (χ1n) is 12.8. The van der Waals surface area contributed by atoms with E-state index >= 15 is 0 Å². The molecule has 3 aromatic rings. The molecule has 194 valence electrons. The summed E-state index contributed by atoms with van der Waals surface area (Å²) in [5.41, 5.74) is 2.91. The highest BCUT2D eigenvalue weighted by Crippen LogP contribution is 2.31. The Kier molecular flexibility index (Phi) is 6.29. The zero-order valence-corrected chi connectivity index (χ0v) is 20.7. The fourth-order valence-corrected chi connectivity index (χ4v) is 5.19. The number of benzene rings is 2. The molecule has 10 heteroatoms. The minimum absolute atomic E-state index is 0.0708. The number of fused-ring (bicyclic) bond motifs is 3. The number of aliphatic hydroxyl groups is 1. The number of oxime groups is 1. The van der Waals surface area contributed by atoms with E-state index in [1.54, 1.807) is 23.0 Å². The molecule has 0 spiro atoms. The number of carbonyl (C=O) groups excluding carboxylic acids is 1. The van der Waals surface area contributed by atoms with Crippen molar-refractivity contribution in [1.29, 1.82) is 0 Å². The summed E-state index contributed by atoms with van der Waals surface area (Å²) in [6, 6.07) is 7.56. The van der Waals surface area contributed by atoms with Crippen molar-refractivity contribution in [2.24, 2.45) is 12.2 Å². The van der Waals surface area contributed by atoms with Crippen LogP contribution in [0.4, 0.5) is 4.39 Å². The zero-order chi connectivity index (χ0) is 25.5. The van der Waals surface area contributed by atoms with Gasteiger partial charge in [0.2, 0.25) is 0 Å². The van der Waals surface area contributed by atoms with E-state index in [-0.39, 0.29) is 24.2 Å². The molecule has 3 aliphatic rings. The van der Waals surface area contributed by atoms with Crippen molar-refractivity contribution < 1.29 is 23.9 Å². The number of aromatic nitrogens is 2. The average Bonchev–Trinajstić information content (AvgIpc) is 3.41. The summed E-state index contributed by atoms with van der Waals surface area (Å²) in [5, 5.41) is 23.6. The molecule has 2 aromatic carbocycles. The Balaban J connectivity index is 1.26. The quantitative estimate of drug-likeness (QED) is 0.486. The molecule has 1 amide bonds. The second kappa shape index (κ2) is 9.75. The number of carbonyl (C=O) groups is 1. The molecule has 6 rings (SSSR count). The van der Waals surface area contributed by atoms with E-state index in [9.17, 15) is 14.3 Å². The third-order valence-corrected chi connectivity index (χ3v) is 7.31. The molecule has 37 heavy (non-hydrogen) atoms. The van der Waals surface area contributed by atoms with Gasteiger partial charge in [-0.2, -0.15) is 5.10 Å². The summed E-state index contributed by atoms with van der Waals surface area (Å²) >= 11 is 0. The average molecular weight is 508 g/mol. The van der Waals surface area contributed by atoms with Crippen molar-refractivity contribution in [1.82, 2.24) is 20.0 Å². The van der Waals surface area contributed by atoms with Gasteiger partial charge in [-0.3, -0.25) is 9.48 Å². The molecule has 1 saturated carbocycles. The first-order valence-corrected chi connectivity index (χ1v) is 12.8. The number of aliphatic hydroxyl groups excluding tert-OH is 1. The van der Waals surface area contributed by atoms with Gasteiger partial charge in [0, 0.05) is 30.1 Å². The van der Waals surface area contributed by atoms with Gasteiger partial charge in [-0.05, 0) is 56.5 Å². The molecular formula is C27H30FN5O4. The molecule has 2 N–H and O–H groups in total. The summed E-state index contributed by atoms with van der Waals surface area (Å²) in [6.07, 6.45) is 4.69. The van der Waals surface area contributed by atoms with E-state index in [1.165, 1.54) is 6.07 Å². The van der Waals surface area contributed by atoms with Crippen LogP contribution in [0.15, 0.2) is 41.7 Å². The van der Waals surface area contributed by atoms with Crippen molar-refractivity contribution in [3.63, 3.8) is 0 Å². The molecule has 3 heterocycles. The molecule has 1 saturated heterocycles. The molecule has 2 atom stereocenters. The monoisotopic (exact) mass is 507 g/mol. The number of amides is 1. The molecular weight excluding hydrogens is 477 g/mol. The van der Waals surface area contributed by atoms with Crippen LogP contribution in [0.2, 0.25) is 0 Å². The Morgan fingerprint density at radius 2 is 2.08 bits per heavy atom. The van der Waals surface area contributed by atoms with Crippen LogP contribution in [0, 0.1) is 5.82 Å². The van der Waals surface area contributed by atoms with Crippen molar-refractivity contribution in [2.45, 2.75) is 50.5 Å². The van der Waals surface area contributed by atoms with Crippen molar-refractivity contribution in [2.75, 3.05) is 19.6 Å². The predicted octanol–water partition coefficient (Wildman–Crippen LogP) is 2.80. The van der Waals surface area contributed by atoms with Crippen LogP contribution in [0.1, 0.15) is 48.5 Å². The maximum Gasteiger partial charge on any atom is 0.274 e. The number of nitrogens with zero attached hydrogens (tertiary/aromatic N) is 4. The minimum Gasteiger partial charge on any atom is -0.487 e. The third-order valence-electron chi connectivity index (χ3n) is 7.31. The van der Waals surface area contributed by atoms with Gasteiger partial charge in [0.15, 0.2) is 17.3 Å². The second-order valence-corrected chi connectivity index (χ2v) is 10.1. The number of ether oxygens (including phenoxy) is 1. The van der Waals surface area contributed by atoms with E-state index in [4.69, 9.17) is 9.57 Å². The van der Waals surface area contributed by atoms with E-state index in [0.717, 1.165) is 55.2 Å². The largest absolute Gasteiger partial charge is 0.487 e. The van der Waals surface area contributed by atoms with Crippen molar-refractivity contribution in [3.8, 4) is 5.75 Å². The Labute approximate surface area is 213 Å². The highest BCUT2D eigenvalue weighted by molar-refractivity contribution is 6.46. The zero-order valence-electron chi connectivity index (χ0n) is 20.7. The molecule has 0 radical (unpaired) electrons. The maximum absolute atomic E-state index is 14.7. The van der Waals surface area contributed by atoms with Crippen LogP contribution < -0.4 is 10.1 Å². The van der Waals surface area contributed by atoms with Crippen LogP contribution >= 0.6 is 0 Å². The van der Waals surface area contributed by atoms with Gasteiger partial charge in [-0.15, -0.1) is 0 Å². The highest BCUT2D eigenvalue weighted by atomic mass is 19.1. The normalized spacial score (nSPS) is 19.2. The Morgan fingerprint density at radius 3 is 2.84 bits per heavy atom. The van der Waals surface area contributed by atoms with Gasteiger partial charge < -0.3 is 24.9 Å². The number of aryl methyl sites for hydroxylation is 1. The van der Waals surface area contributed by atoms with Crippen LogP contribution in [0.5, 0.6) is 5.75 Å². The third kappa shape index (κ3) is 4.78. The summed E-state index contributed by atoms with van der Waals surface area (Å²) in [7, 11) is 1.84. The molecule has 2 aliphatic heterocycles. The number of rotatable bonds is 8. The SMILES string of the molecule is Cn1ncc2ccc3c(c21)CON=C3C(=O)NC(CN1CCCC1)C(O)c1ccc(OC2CC2)c(F)c1. The minimum atomic E-state index is -1.13. The number of hydrogen-bond acceptors (Lipinski definition) is 7. The first kappa shape index (κ1) is 23.9. The van der Waals surface area contributed by atoms with E-state index in [0.29, 0.717) is 17.7 Å². The fourth-order valence-electron chi connectivity index (χ4n) is 5.19. The lowest BCUT2D eigenvalue weighted by atomic mass is 9.97. The summed E-state index contributed by atoms with van der Waals surface area (Å²) in [6.45, 7) is 2.42. The Bertz CT molecular complexity index is 1360. The molecule has 0 bridgehead atoms. The first-order chi connectivity index (χ1) is 18.0. The standard InChI is InChI=1S/C27H30FN5O4/c1-32-25-17(13-29-32)4-8-19-20(25)15-36-31-24(19)27(35)30-22(14-33-10-2-3-11-33)26(34)16-5-9-23(21(28)12-16)37-18-6-7-18/h4-5,8-9,12-13,18,22,26,34H,2-3,6-7,10-11,14-15H2,1H3,(H,30,35). The van der Waals surface area contributed by atoms with Crippen LogP contribution in [-0.4, -0.2) is 63.2 Å². The van der Waals surface area contributed by atoms with Crippen molar-refractivity contribution in [3.05, 3.63) is 59.0 Å². The maximum atomic E-state index is 14.7. The number of hydrogen-bond donors (Lipinski definition) is 2. The highest BCUT2D eigenvalue weighted by Gasteiger charge is 2.32. The number of nitrogens with one attached hydrogen (secondary N) is 1. The fraction of sp³-hybridized carbons (Fsp3) is 0.444. The van der Waals surface area contributed by atoms with Gasteiger partial charge >= 0.3 is 0 Å². The molecule has 1 aromatic heterocycles. The summed E-state index contributed by atoms with van der Waals surface area (Å²) in [5.74, 6) is -0.792. The van der Waals surface area contributed by atoms with Gasteiger partial charge in [0.25, 0.3) is 5.91 Å². The number of likely N-dealkylation sites (tertiary alicyclic amines) is 1. The topological polar surface area (TPSA) is 101 Å². The van der Waals surface area contributed by atoms with E-state index in [1.807, 2.05) is 19.2 Å². The smallest absolute Gasteiger partial charge is 0.274 e. The predicted molar refractivity (Wildman–Crippen MR) is 135 cm³/mol. The molecule has 1 aliphatic carbocycles. The molecule has 2 unspecified atom stereocenters. The van der Waals surface area contributed by atoms with Crippen LogP contribution in [0.25, 0.3) is 10.9 Å². The van der Waals surface area contributed by atoms with Gasteiger partial charge in [0.05, 0.1) is 23.9 Å². The lowest BCUT2D eigenvalue weighted by Gasteiger charge is -2.29. The van der Waals surface area contributed by atoms with Gasteiger partial charge in [-0.1, -0.05) is 23.4 Å². The van der Waals surface area contributed by atoms with Crippen molar-refractivity contribution >= 4 is 22.5 Å². The van der Waals surface area contributed by atoms with Gasteiger partial charge in [-0.25, -0.2) is 4.39 Å². The Hall–Kier alpha value is -3.50. The lowest BCUT2D eigenvalue weighted by molar-refractivity contribution is -0.116. The second-order valence-electron chi connectivity index (χ2n) is 10.1. The Morgan fingerprint density at radius 1 is 1.27 bits per heavy atom. The van der Waals surface area contributed by atoms with Crippen LogP contribution in [-0.2, 0) is 23.3 Å². The van der Waals surface area contributed by atoms with Gasteiger partial charge in [0.1, 0.15) is 12.7 Å². The molecule has 2 fully saturated rings. The van der Waals surface area contributed by atoms with Crippen LogP contribution in [0.3, 0.4) is 0 Å². The number of halogens is 1. The summed E-state index contributed by atoms with van der Waals surface area (Å²) in [4.78, 5) is 21.2. The van der Waals surface area contributed by atoms with E-state index < -0.39 is 23.9 Å². The summed E-state index contributed by atoms with van der Waals surface area (Å²) < 4.78 is 22.1. The van der Waals surface area contributed by atoms with E-state index in [2.05, 4.69) is 20.5 Å². The molecule has 9 nitrogen and oxygen atoms in total.